The van der Waals surface area contributed by atoms with E-state index < -0.39 is 0 Å². The van der Waals surface area contributed by atoms with E-state index in [9.17, 15) is 0 Å². The van der Waals surface area contributed by atoms with E-state index in [2.05, 4.69) is 0 Å². The Kier molecular flexibility index (Phi) is 3.77. The maximum Gasteiger partial charge on any atom is 0.0716 e. The van der Waals surface area contributed by atoms with Crippen LogP contribution >= 0.6 is 0 Å². The van der Waals surface area contributed by atoms with Gasteiger partial charge in [0.2, 0.25) is 0 Å². The fraction of sp³-hybridized carbons (Fsp3) is 0.400. The average molecular weight is 166 g/mol. The van der Waals surface area contributed by atoms with E-state index in [0.717, 1.165) is 17.7 Å². The van der Waals surface area contributed by atoms with Gasteiger partial charge in [0.1, 0.15) is 0 Å². The zero-order chi connectivity index (χ0) is 8.81. The Bertz CT molecular complexity index is 233. The minimum Gasteiger partial charge on any atom is -0.392 e. The molecule has 0 bridgehead atoms. The summed E-state index contributed by atoms with van der Waals surface area (Å²) in [5.74, 6) is 0. The molecule has 1 N–H and O–H groups in total. The van der Waals surface area contributed by atoms with Crippen molar-refractivity contribution in [2.45, 2.75) is 20.1 Å². The van der Waals surface area contributed by atoms with Gasteiger partial charge in [-0.15, -0.1) is 0 Å². The molecule has 0 unspecified atom stereocenters. The first-order valence-corrected chi connectivity index (χ1v) is 4.13. The molecular weight excluding hydrogens is 152 g/mol. The van der Waals surface area contributed by atoms with Crippen LogP contribution in [0.25, 0.3) is 0 Å². The lowest BCUT2D eigenvalue weighted by Gasteiger charge is -2.02. The quantitative estimate of drug-likeness (QED) is 0.738. The third kappa shape index (κ3) is 2.64. The molecule has 12 heavy (non-hydrogen) atoms. The highest BCUT2D eigenvalue weighted by molar-refractivity contribution is 5.22. The van der Waals surface area contributed by atoms with Crippen LogP contribution in [0.15, 0.2) is 24.3 Å². The van der Waals surface area contributed by atoms with Crippen molar-refractivity contribution >= 4 is 0 Å². The monoisotopic (exact) mass is 166 g/mol. The van der Waals surface area contributed by atoms with Crippen LogP contribution in [0.5, 0.6) is 0 Å². The molecule has 2 heteroatoms. The number of aliphatic hydroxyl groups excluding tert-OH is 1. The maximum absolute atomic E-state index is 8.85. The van der Waals surface area contributed by atoms with Crippen LogP contribution in [0.4, 0.5) is 0 Å². The first-order valence-electron chi connectivity index (χ1n) is 4.13. The minimum atomic E-state index is 0.0972. The average Bonchev–Trinajstić information content (AvgIpc) is 2.15. The van der Waals surface area contributed by atoms with E-state index in [-0.39, 0.29) is 6.61 Å². The summed E-state index contributed by atoms with van der Waals surface area (Å²) in [7, 11) is 0. The van der Waals surface area contributed by atoms with Crippen molar-refractivity contribution in [3.63, 3.8) is 0 Å². The van der Waals surface area contributed by atoms with Gasteiger partial charge in [0.15, 0.2) is 0 Å². The lowest BCUT2D eigenvalue weighted by atomic mass is 10.1. The van der Waals surface area contributed by atoms with Gasteiger partial charge in [-0.3, -0.25) is 0 Å². The lowest BCUT2D eigenvalue weighted by Crippen LogP contribution is -1.93. The summed E-state index contributed by atoms with van der Waals surface area (Å²) in [6.45, 7) is 3.42. The Morgan fingerprint density at radius 1 is 1.33 bits per heavy atom. The molecule has 66 valence electrons. The number of aliphatic hydroxyl groups is 1. The Morgan fingerprint density at radius 3 is 2.75 bits per heavy atom. The van der Waals surface area contributed by atoms with Crippen LogP contribution in [-0.4, -0.2) is 11.7 Å². The highest BCUT2D eigenvalue weighted by Crippen LogP contribution is 2.06. The Labute approximate surface area is 72.8 Å². The van der Waals surface area contributed by atoms with Crippen LogP contribution < -0.4 is 0 Å². The second-order valence-electron chi connectivity index (χ2n) is 2.62. The summed E-state index contributed by atoms with van der Waals surface area (Å²) < 4.78 is 5.24. The molecule has 0 saturated carbocycles. The van der Waals surface area contributed by atoms with E-state index in [4.69, 9.17) is 9.84 Å². The van der Waals surface area contributed by atoms with E-state index in [1.54, 1.807) is 0 Å². The Hall–Kier alpha value is -0.860. The van der Waals surface area contributed by atoms with Gasteiger partial charge in [-0.25, -0.2) is 0 Å². The van der Waals surface area contributed by atoms with Gasteiger partial charge in [-0.1, -0.05) is 24.3 Å². The lowest BCUT2D eigenvalue weighted by molar-refractivity contribution is 0.134. The molecule has 0 spiro atoms. The number of rotatable bonds is 4. The third-order valence-corrected chi connectivity index (χ3v) is 1.65. The zero-order valence-electron chi connectivity index (χ0n) is 7.29. The molecule has 0 aromatic heterocycles. The van der Waals surface area contributed by atoms with Gasteiger partial charge in [0, 0.05) is 6.61 Å². The second-order valence-corrected chi connectivity index (χ2v) is 2.62. The van der Waals surface area contributed by atoms with Crippen molar-refractivity contribution < 1.29 is 9.84 Å². The van der Waals surface area contributed by atoms with Crippen molar-refractivity contribution in [1.82, 2.24) is 0 Å². The van der Waals surface area contributed by atoms with Crippen LogP contribution in [0.3, 0.4) is 0 Å². The molecule has 1 rings (SSSR count). The first-order chi connectivity index (χ1) is 5.86. The molecule has 0 fully saturated rings. The fourth-order valence-electron chi connectivity index (χ4n) is 1.04. The maximum atomic E-state index is 8.85. The zero-order valence-corrected chi connectivity index (χ0v) is 7.29. The molecule has 0 aliphatic carbocycles. The Balaban J connectivity index is 2.60. The number of hydrogen-bond donors (Lipinski definition) is 1. The van der Waals surface area contributed by atoms with Gasteiger partial charge >= 0.3 is 0 Å². The molecule has 1 aromatic rings. The summed E-state index contributed by atoms with van der Waals surface area (Å²) in [5.41, 5.74) is 2.05. The molecule has 0 amide bonds. The van der Waals surface area contributed by atoms with Crippen molar-refractivity contribution in [2.75, 3.05) is 6.61 Å². The highest BCUT2D eigenvalue weighted by Gasteiger charge is 1.93. The first kappa shape index (κ1) is 9.23. The second kappa shape index (κ2) is 4.91. The van der Waals surface area contributed by atoms with Gasteiger partial charge < -0.3 is 9.84 Å². The molecule has 0 radical (unpaired) electrons. The van der Waals surface area contributed by atoms with Gasteiger partial charge in [0.05, 0.1) is 13.2 Å². The largest absolute Gasteiger partial charge is 0.392 e. The van der Waals surface area contributed by atoms with Crippen LogP contribution in [0.2, 0.25) is 0 Å². The normalized spacial score (nSPS) is 10.2. The van der Waals surface area contributed by atoms with Crippen LogP contribution in [-0.2, 0) is 18.0 Å². The molecule has 0 aliphatic rings. The summed E-state index contributed by atoms with van der Waals surface area (Å²) in [5, 5.41) is 8.85. The third-order valence-electron chi connectivity index (χ3n) is 1.65. The molecule has 0 heterocycles. The van der Waals surface area contributed by atoms with E-state index in [1.165, 1.54) is 0 Å². The standard InChI is InChI=1S/C10H14O2/c1-2-12-8-10-5-3-4-9(6-10)7-11/h3-6,11H,2,7-8H2,1H3. The molecule has 1 aromatic carbocycles. The predicted octanol–water partition coefficient (Wildman–Crippen LogP) is 1.72. The summed E-state index contributed by atoms with van der Waals surface area (Å²) in [4.78, 5) is 0. The summed E-state index contributed by atoms with van der Waals surface area (Å²) in [6, 6.07) is 7.78. The molecule has 2 nitrogen and oxygen atoms in total. The van der Waals surface area contributed by atoms with E-state index in [0.29, 0.717) is 6.61 Å². The topological polar surface area (TPSA) is 29.5 Å². The van der Waals surface area contributed by atoms with Crippen molar-refractivity contribution in [3.8, 4) is 0 Å². The fourth-order valence-corrected chi connectivity index (χ4v) is 1.04. The molecule has 0 atom stereocenters. The smallest absolute Gasteiger partial charge is 0.0716 e. The SMILES string of the molecule is CCOCc1cccc(CO)c1. The molecule has 0 saturated heterocycles. The number of hydrogen-bond acceptors (Lipinski definition) is 2. The van der Waals surface area contributed by atoms with Gasteiger partial charge in [0.25, 0.3) is 0 Å². The summed E-state index contributed by atoms with van der Waals surface area (Å²) in [6.07, 6.45) is 0. The van der Waals surface area contributed by atoms with Crippen molar-refractivity contribution in [2.24, 2.45) is 0 Å². The highest BCUT2D eigenvalue weighted by atomic mass is 16.5. The van der Waals surface area contributed by atoms with Gasteiger partial charge in [-0.2, -0.15) is 0 Å². The predicted molar refractivity (Wildman–Crippen MR) is 47.7 cm³/mol. The molecule has 0 aliphatic heterocycles. The molecular formula is C10H14O2. The number of benzene rings is 1. The van der Waals surface area contributed by atoms with Crippen LogP contribution in [0, 0.1) is 0 Å². The number of ether oxygens (including phenoxy) is 1. The van der Waals surface area contributed by atoms with Gasteiger partial charge in [-0.05, 0) is 18.1 Å². The van der Waals surface area contributed by atoms with E-state index >= 15 is 0 Å². The van der Waals surface area contributed by atoms with Crippen molar-refractivity contribution in [3.05, 3.63) is 35.4 Å². The van der Waals surface area contributed by atoms with E-state index in [1.807, 2.05) is 31.2 Å². The summed E-state index contributed by atoms with van der Waals surface area (Å²) >= 11 is 0. The minimum absolute atomic E-state index is 0.0972. The van der Waals surface area contributed by atoms with Crippen molar-refractivity contribution in [1.29, 1.82) is 0 Å². The van der Waals surface area contributed by atoms with Crippen LogP contribution in [0.1, 0.15) is 18.1 Å². The Morgan fingerprint density at radius 2 is 2.08 bits per heavy atom.